The molecule has 0 bridgehead atoms. The van der Waals surface area contributed by atoms with Crippen molar-refractivity contribution in [1.82, 2.24) is 10.2 Å². The summed E-state index contributed by atoms with van der Waals surface area (Å²) >= 11 is 5.93. The third kappa shape index (κ3) is 5.99. The van der Waals surface area contributed by atoms with Gasteiger partial charge in [0.05, 0.1) is 0 Å². The molecule has 6 heteroatoms. The van der Waals surface area contributed by atoms with E-state index in [0.717, 1.165) is 5.56 Å². The number of carbonyl (C=O) groups is 2. The van der Waals surface area contributed by atoms with E-state index in [2.05, 4.69) is 19.2 Å². The van der Waals surface area contributed by atoms with Crippen LogP contribution in [0.3, 0.4) is 0 Å². The Morgan fingerprint density at radius 2 is 1.64 bits per heavy atom. The molecule has 0 aliphatic rings. The summed E-state index contributed by atoms with van der Waals surface area (Å²) in [5.74, 6) is 0.554. The molecular formula is C22H27ClN2O3. The second kappa shape index (κ2) is 10.1. The Hall–Kier alpha value is -2.53. The van der Waals surface area contributed by atoms with E-state index in [9.17, 15) is 9.59 Å². The Labute approximate surface area is 171 Å². The summed E-state index contributed by atoms with van der Waals surface area (Å²) in [6.45, 7) is 6.09. The van der Waals surface area contributed by atoms with Gasteiger partial charge in [0.1, 0.15) is 11.8 Å². The van der Waals surface area contributed by atoms with Gasteiger partial charge < -0.3 is 15.0 Å². The maximum atomic E-state index is 12.8. The predicted octanol–water partition coefficient (Wildman–Crippen LogP) is 4.01. The molecule has 1 N–H and O–H groups in total. The van der Waals surface area contributed by atoms with E-state index in [1.165, 1.54) is 10.5 Å². The van der Waals surface area contributed by atoms with Crippen LogP contribution in [0.4, 0.5) is 0 Å². The second-order valence-corrected chi connectivity index (χ2v) is 7.39. The molecule has 0 fully saturated rings. The van der Waals surface area contributed by atoms with E-state index >= 15 is 0 Å². The molecule has 150 valence electrons. The molecule has 0 heterocycles. The zero-order valence-electron chi connectivity index (χ0n) is 16.7. The van der Waals surface area contributed by atoms with Crippen LogP contribution in [-0.2, 0) is 16.1 Å². The Balaban J connectivity index is 2.09. The molecule has 2 aromatic carbocycles. The maximum Gasteiger partial charge on any atom is 0.261 e. The first kappa shape index (κ1) is 21.8. The van der Waals surface area contributed by atoms with Crippen molar-refractivity contribution >= 4 is 23.4 Å². The smallest absolute Gasteiger partial charge is 0.261 e. The third-order valence-electron chi connectivity index (χ3n) is 4.59. The highest BCUT2D eigenvalue weighted by atomic mass is 35.5. The molecule has 28 heavy (non-hydrogen) atoms. The van der Waals surface area contributed by atoms with E-state index in [4.69, 9.17) is 16.3 Å². The zero-order chi connectivity index (χ0) is 20.7. The molecule has 0 aliphatic heterocycles. The average Bonchev–Trinajstić information content (AvgIpc) is 2.70. The molecule has 0 aromatic heterocycles. The molecule has 0 radical (unpaired) electrons. The van der Waals surface area contributed by atoms with Gasteiger partial charge >= 0.3 is 0 Å². The van der Waals surface area contributed by atoms with Gasteiger partial charge in [-0.25, -0.2) is 0 Å². The normalized spacial score (nSPS) is 11.8. The van der Waals surface area contributed by atoms with Gasteiger partial charge in [0, 0.05) is 18.6 Å². The largest absolute Gasteiger partial charge is 0.484 e. The predicted molar refractivity (Wildman–Crippen MR) is 112 cm³/mol. The molecule has 0 saturated heterocycles. The summed E-state index contributed by atoms with van der Waals surface area (Å²) in [6.07, 6.45) is 0. The SMILES string of the molecule is CNC(=O)C(C)N(Cc1ccc(Cl)cc1)C(=O)COc1ccc(C(C)C)cc1. The average molecular weight is 403 g/mol. The molecule has 1 atom stereocenters. The monoisotopic (exact) mass is 402 g/mol. The van der Waals surface area contributed by atoms with Crippen molar-refractivity contribution in [1.29, 1.82) is 0 Å². The van der Waals surface area contributed by atoms with Crippen LogP contribution < -0.4 is 10.1 Å². The van der Waals surface area contributed by atoms with Crippen LogP contribution in [0.5, 0.6) is 5.75 Å². The van der Waals surface area contributed by atoms with Crippen molar-refractivity contribution in [2.24, 2.45) is 0 Å². The van der Waals surface area contributed by atoms with Crippen LogP contribution in [0.2, 0.25) is 5.02 Å². The molecule has 2 amide bonds. The van der Waals surface area contributed by atoms with E-state index in [0.29, 0.717) is 23.2 Å². The van der Waals surface area contributed by atoms with Crippen LogP contribution in [-0.4, -0.2) is 36.4 Å². The van der Waals surface area contributed by atoms with E-state index in [1.54, 1.807) is 26.1 Å². The number of hydrogen-bond acceptors (Lipinski definition) is 3. The number of benzene rings is 2. The first-order valence-electron chi connectivity index (χ1n) is 9.30. The molecular weight excluding hydrogens is 376 g/mol. The fourth-order valence-corrected chi connectivity index (χ4v) is 2.88. The van der Waals surface area contributed by atoms with Crippen molar-refractivity contribution in [3.8, 4) is 5.75 Å². The van der Waals surface area contributed by atoms with E-state index < -0.39 is 6.04 Å². The third-order valence-corrected chi connectivity index (χ3v) is 4.84. The summed E-state index contributed by atoms with van der Waals surface area (Å²) < 4.78 is 5.66. The van der Waals surface area contributed by atoms with Crippen LogP contribution in [0.25, 0.3) is 0 Å². The van der Waals surface area contributed by atoms with E-state index in [-0.39, 0.29) is 18.4 Å². The summed E-state index contributed by atoms with van der Waals surface area (Å²) in [7, 11) is 1.55. The molecule has 0 saturated carbocycles. The molecule has 5 nitrogen and oxygen atoms in total. The lowest BCUT2D eigenvalue weighted by Crippen LogP contribution is -2.48. The quantitative estimate of drug-likeness (QED) is 0.725. The van der Waals surface area contributed by atoms with Crippen molar-refractivity contribution in [3.05, 3.63) is 64.7 Å². The first-order valence-corrected chi connectivity index (χ1v) is 9.68. The number of rotatable bonds is 8. The fourth-order valence-electron chi connectivity index (χ4n) is 2.75. The van der Waals surface area contributed by atoms with Crippen LogP contribution >= 0.6 is 11.6 Å². The van der Waals surface area contributed by atoms with Crippen LogP contribution in [0, 0.1) is 0 Å². The Morgan fingerprint density at radius 1 is 1.04 bits per heavy atom. The number of carbonyl (C=O) groups excluding carboxylic acids is 2. The lowest BCUT2D eigenvalue weighted by molar-refractivity contribution is -0.142. The number of amides is 2. The number of nitrogens with zero attached hydrogens (tertiary/aromatic N) is 1. The zero-order valence-corrected chi connectivity index (χ0v) is 17.5. The molecule has 0 aliphatic carbocycles. The summed E-state index contributed by atoms with van der Waals surface area (Å²) in [4.78, 5) is 26.4. The van der Waals surface area contributed by atoms with Crippen molar-refractivity contribution in [2.45, 2.75) is 39.3 Å². The lowest BCUT2D eigenvalue weighted by atomic mass is 10.0. The fraction of sp³-hybridized carbons (Fsp3) is 0.364. The minimum atomic E-state index is -0.625. The molecule has 2 aromatic rings. The topological polar surface area (TPSA) is 58.6 Å². The standard InChI is InChI=1S/C22H27ClN2O3/c1-15(2)18-7-11-20(12-8-18)28-14-21(26)25(16(3)22(27)24-4)13-17-5-9-19(23)10-6-17/h5-12,15-16H,13-14H2,1-4H3,(H,24,27). The second-order valence-electron chi connectivity index (χ2n) is 6.95. The van der Waals surface area contributed by atoms with Crippen LogP contribution in [0.1, 0.15) is 37.8 Å². The number of ether oxygens (including phenoxy) is 1. The Morgan fingerprint density at radius 3 is 2.18 bits per heavy atom. The molecule has 0 spiro atoms. The first-order chi connectivity index (χ1) is 13.3. The van der Waals surface area contributed by atoms with Gasteiger partial charge in [-0.15, -0.1) is 0 Å². The Bertz CT molecular complexity index is 788. The van der Waals surface area contributed by atoms with Gasteiger partial charge in [0.2, 0.25) is 5.91 Å². The lowest BCUT2D eigenvalue weighted by Gasteiger charge is -2.28. The minimum Gasteiger partial charge on any atom is -0.484 e. The summed E-state index contributed by atoms with van der Waals surface area (Å²) in [6, 6.07) is 14.3. The van der Waals surface area contributed by atoms with Crippen molar-refractivity contribution in [2.75, 3.05) is 13.7 Å². The van der Waals surface area contributed by atoms with Gasteiger partial charge in [-0.3, -0.25) is 9.59 Å². The summed E-state index contributed by atoms with van der Waals surface area (Å²) in [5, 5.41) is 3.21. The Kier molecular flexibility index (Phi) is 7.88. The van der Waals surface area contributed by atoms with Crippen LogP contribution in [0.15, 0.2) is 48.5 Å². The van der Waals surface area contributed by atoms with Crippen molar-refractivity contribution in [3.63, 3.8) is 0 Å². The van der Waals surface area contributed by atoms with Gasteiger partial charge in [0.25, 0.3) is 5.91 Å². The van der Waals surface area contributed by atoms with Gasteiger partial charge in [-0.1, -0.05) is 49.7 Å². The highest BCUT2D eigenvalue weighted by molar-refractivity contribution is 6.30. The number of halogens is 1. The summed E-state index contributed by atoms with van der Waals surface area (Å²) in [5.41, 5.74) is 2.09. The maximum absolute atomic E-state index is 12.8. The van der Waals surface area contributed by atoms with Crippen molar-refractivity contribution < 1.29 is 14.3 Å². The van der Waals surface area contributed by atoms with E-state index in [1.807, 2.05) is 36.4 Å². The van der Waals surface area contributed by atoms with Gasteiger partial charge in [-0.05, 0) is 48.2 Å². The van der Waals surface area contributed by atoms with Gasteiger partial charge in [-0.2, -0.15) is 0 Å². The number of hydrogen-bond donors (Lipinski definition) is 1. The van der Waals surface area contributed by atoms with Gasteiger partial charge in [0.15, 0.2) is 6.61 Å². The minimum absolute atomic E-state index is 0.143. The number of nitrogens with one attached hydrogen (secondary N) is 1. The molecule has 2 rings (SSSR count). The molecule has 1 unspecified atom stereocenters. The highest BCUT2D eigenvalue weighted by Gasteiger charge is 2.25. The highest BCUT2D eigenvalue weighted by Crippen LogP contribution is 2.19. The number of likely N-dealkylation sites (N-methyl/N-ethyl adjacent to an activating group) is 1.